The summed E-state index contributed by atoms with van der Waals surface area (Å²) in [7, 11) is 0. The molecule has 0 spiro atoms. The summed E-state index contributed by atoms with van der Waals surface area (Å²) in [6.45, 7) is 8.65. The second-order valence-electron chi connectivity index (χ2n) is 7.23. The zero-order chi connectivity index (χ0) is 19.0. The van der Waals surface area contributed by atoms with Crippen LogP contribution in [-0.2, 0) is 20.1 Å². The Morgan fingerprint density at radius 2 is 1.46 bits per heavy atom. The quantitative estimate of drug-likeness (QED) is 0.280. The van der Waals surface area contributed by atoms with Gasteiger partial charge in [0.1, 0.15) is 0 Å². The molecule has 0 N–H and O–H groups in total. The van der Waals surface area contributed by atoms with Gasteiger partial charge in [-0.1, -0.05) is 29.3 Å². The minimum atomic E-state index is 0. The van der Waals surface area contributed by atoms with E-state index in [2.05, 4.69) is 73.6 Å². The van der Waals surface area contributed by atoms with Crippen LogP contribution in [0.2, 0.25) is 0 Å². The summed E-state index contributed by atoms with van der Waals surface area (Å²) in [6.07, 6.45) is 3.88. The predicted octanol–water partition coefficient (Wildman–Crippen LogP) is 6.24. The molecule has 0 saturated heterocycles. The SMILES string of the molecule is Cc1cc(C)cc(-c2cc(C)c(-n3ccnc3-c3[c-]cccc3)c(C)c2)c1.[Ir]. The number of nitrogens with zero attached hydrogens (tertiary/aromatic N) is 2. The number of benzene rings is 3. The van der Waals surface area contributed by atoms with Gasteiger partial charge in [0, 0.05) is 38.2 Å². The fourth-order valence-electron chi connectivity index (χ4n) is 3.86. The summed E-state index contributed by atoms with van der Waals surface area (Å²) >= 11 is 0. The van der Waals surface area contributed by atoms with Crippen molar-refractivity contribution in [3.8, 4) is 28.2 Å². The van der Waals surface area contributed by atoms with Gasteiger partial charge in [0.25, 0.3) is 0 Å². The molecule has 28 heavy (non-hydrogen) atoms. The molecule has 0 bridgehead atoms. The smallest absolute Gasteiger partial charge is 0.0602 e. The van der Waals surface area contributed by atoms with Crippen LogP contribution in [0.15, 0.2) is 67.0 Å². The van der Waals surface area contributed by atoms with E-state index < -0.39 is 0 Å². The Kier molecular flexibility index (Phi) is 5.98. The number of aromatic nitrogens is 2. The molecule has 2 nitrogen and oxygen atoms in total. The molecule has 1 aromatic heterocycles. The Morgan fingerprint density at radius 1 is 0.821 bits per heavy atom. The fourth-order valence-corrected chi connectivity index (χ4v) is 3.86. The molecule has 1 heterocycles. The van der Waals surface area contributed by atoms with Crippen LogP contribution in [0.5, 0.6) is 0 Å². The van der Waals surface area contributed by atoms with Crippen LogP contribution in [0.3, 0.4) is 0 Å². The van der Waals surface area contributed by atoms with Crippen molar-refractivity contribution in [2.45, 2.75) is 27.7 Å². The maximum atomic E-state index is 4.58. The van der Waals surface area contributed by atoms with Crippen LogP contribution in [0, 0.1) is 33.8 Å². The van der Waals surface area contributed by atoms with E-state index in [4.69, 9.17) is 0 Å². The molecule has 4 aromatic rings. The zero-order valence-electron chi connectivity index (χ0n) is 16.6. The minimum Gasteiger partial charge on any atom is -0.340 e. The maximum absolute atomic E-state index is 4.58. The molecule has 3 heteroatoms. The third-order valence-corrected chi connectivity index (χ3v) is 4.88. The van der Waals surface area contributed by atoms with Crippen molar-refractivity contribution in [3.63, 3.8) is 0 Å². The van der Waals surface area contributed by atoms with E-state index in [-0.39, 0.29) is 20.1 Å². The molecule has 0 aliphatic rings. The summed E-state index contributed by atoms with van der Waals surface area (Å²) < 4.78 is 2.17. The Labute approximate surface area is 180 Å². The number of imidazole rings is 1. The third kappa shape index (κ3) is 3.87. The predicted molar refractivity (Wildman–Crippen MR) is 112 cm³/mol. The molecule has 0 aliphatic carbocycles. The normalized spacial score (nSPS) is 10.6. The first-order valence-corrected chi connectivity index (χ1v) is 9.23. The van der Waals surface area contributed by atoms with Crippen molar-refractivity contribution in [1.82, 2.24) is 9.55 Å². The van der Waals surface area contributed by atoms with Crippen molar-refractivity contribution in [2.75, 3.05) is 0 Å². The van der Waals surface area contributed by atoms with E-state index in [1.807, 2.05) is 36.7 Å². The minimum absolute atomic E-state index is 0. The molecule has 0 atom stereocenters. The third-order valence-electron chi connectivity index (χ3n) is 4.88. The summed E-state index contributed by atoms with van der Waals surface area (Å²) in [5, 5.41) is 0. The summed E-state index contributed by atoms with van der Waals surface area (Å²) in [4.78, 5) is 4.58. The Balaban J connectivity index is 0.00000225. The topological polar surface area (TPSA) is 17.8 Å². The van der Waals surface area contributed by atoms with Gasteiger partial charge in [-0.25, -0.2) is 0 Å². The van der Waals surface area contributed by atoms with Crippen LogP contribution >= 0.6 is 0 Å². The van der Waals surface area contributed by atoms with Gasteiger partial charge in [-0.3, -0.25) is 4.98 Å². The average Bonchev–Trinajstić information content (AvgIpc) is 3.10. The van der Waals surface area contributed by atoms with Gasteiger partial charge >= 0.3 is 0 Å². The first kappa shape index (κ1) is 20.3. The van der Waals surface area contributed by atoms with Gasteiger partial charge in [-0.05, 0) is 62.1 Å². The van der Waals surface area contributed by atoms with E-state index >= 15 is 0 Å². The number of hydrogen-bond acceptors (Lipinski definition) is 1. The van der Waals surface area contributed by atoms with Crippen LogP contribution in [0.4, 0.5) is 0 Å². The molecule has 0 aliphatic heterocycles. The van der Waals surface area contributed by atoms with Crippen molar-refractivity contribution in [2.24, 2.45) is 0 Å². The number of aryl methyl sites for hydroxylation is 4. The Hall–Kier alpha value is -2.48. The number of rotatable bonds is 3. The molecular weight excluding hydrogens is 521 g/mol. The van der Waals surface area contributed by atoms with Gasteiger partial charge in [0.05, 0.1) is 5.82 Å². The average molecular weight is 544 g/mol. The van der Waals surface area contributed by atoms with Crippen LogP contribution in [-0.4, -0.2) is 9.55 Å². The molecule has 0 saturated carbocycles. The van der Waals surface area contributed by atoms with Gasteiger partial charge in [0.15, 0.2) is 0 Å². The van der Waals surface area contributed by atoms with E-state index in [0.717, 1.165) is 11.4 Å². The van der Waals surface area contributed by atoms with E-state index in [1.165, 1.54) is 39.1 Å². The van der Waals surface area contributed by atoms with Gasteiger partial charge < -0.3 is 4.57 Å². The second-order valence-corrected chi connectivity index (χ2v) is 7.23. The van der Waals surface area contributed by atoms with Crippen LogP contribution in [0.25, 0.3) is 28.2 Å². The Morgan fingerprint density at radius 3 is 2.07 bits per heavy atom. The van der Waals surface area contributed by atoms with Gasteiger partial charge in [0.2, 0.25) is 0 Å². The van der Waals surface area contributed by atoms with Gasteiger partial charge in [-0.2, -0.15) is 0 Å². The van der Waals surface area contributed by atoms with E-state index in [0.29, 0.717) is 0 Å². The van der Waals surface area contributed by atoms with Crippen molar-refractivity contribution < 1.29 is 20.1 Å². The van der Waals surface area contributed by atoms with E-state index in [1.54, 1.807) is 0 Å². The second kappa shape index (κ2) is 8.26. The summed E-state index contributed by atoms with van der Waals surface area (Å²) in [6, 6.07) is 22.5. The maximum Gasteiger partial charge on any atom is 0.0602 e. The molecule has 0 fully saturated rings. The Bertz CT molecular complexity index is 1070. The standard InChI is InChI=1S/C25H23N2.Ir/c1-17-12-18(2)14-22(13-17)23-15-19(3)24(20(4)16-23)27-11-10-26-25(27)21-8-6-5-7-9-21;/h5-8,10-16H,1-4H3;/q-1;. The van der Waals surface area contributed by atoms with E-state index in [9.17, 15) is 0 Å². The molecule has 3 aromatic carbocycles. The summed E-state index contributed by atoms with van der Waals surface area (Å²) in [5.74, 6) is 0.918. The first-order valence-electron chi connectivity index (χ1n) is 9.23. The van der Waals surface area contributed by atoms with Crippen LogP contribution in [0.1, 0.15) is 22.3 Å². The van der Waals surface area contributed by atoms with Crippen molar-refractivity contribution >= 4 is 0 Å². The molecule has 0 amide bonds. The first-order chi connectivity index (χ1) is 13.0. The molecule has 4 rings (SSSR count). The zero-order valence-corrected chi connectivity index (χ0v) is 19.0. The van der Waals surface area contributed by atoms with Crippen molar-refractivity contribution in [1.29, 1.82) is 0 Å². The number of hydrogen-bond donors (Lipinski definition) is 0. The molecule has 143 valence electrons. The monoisotopic (exact) mass is 544 g/mol. The van der Waals surface area contributed by atoms with Crippen molar-refractivity contribution in [3.05, 3.63) is 95.3 Å². The summed E-state index contributed by atoms with van der Waals surface area (Å²) in [5.41, 5.74) is 9.77. The largest absolute Gasteiger partial charge is 0.340 e. The molecular formula is C25H23IrN2-. The van der Waals surface area contributed by atoms with Gasteiger partial charge in [-0.15, -0.1) is 35.9 Å². The van der Waals surface area contributed by atoms with Crippen LogP contribution < -0.4 is 0 Å². The molecule has 1 radical (unpaired) electrons. The fraction of sp³-hybridized carbons (Fsp3) is 0.160. The molecule has 0 unspecified atom stereocenters.